The molecule has 0 aliphatic carbocycles. The van der Waals surface area contributed by atoms with E-state index in [2.05, 4.69) is 39.7 Å². The maximum atomic E-state index is 4.60. The molecule has 5 heteroatoms. The van der Waals surface area contributed by atoms with Crippen LogP contribution >= 0.6 is 23.1 Å². The number of anilines is 1. The number of nitrogens with one attached hydrogen (secondary N) is 1. The number of rotatable bonds is 3. The Morgan fingerprint density at radius 2 is 2.30 bits per heavy atom. The van der Waals surface area contributed by atoms with Crippen molar-refractivity contribution in [3.63, 3.8) is 0 Å². The Labute approximate surface area is 127 Å². The highest BCUT2D eigenvalue weighted by atomic mass is 32.2. The average molecular weight is 305 g/mol. The smallest absolute Gasteiger partial charge is 0.150 e. The second-order valence-corrected chi connectivity index (χ2v) is 7.74. The predicted octanol–water partition coefficient (Wildman–Crippen LogP) is 3.67. The fraction of sp³-hybridized carbons (Fsp3) is 0.533. The molecule has 2 saturated heterocycles. The van der Waals surface area contributed by atoms with Crippen LogP contribution in [0.15, 0.2) is 22.5 Å². The molecule has 1 aromatic carbocycles. The van der Waals surface area contributed by atoms with E-state index in [0.29, 0.717) is 6.04 Å². The van der Waals surface area contributed by atoms with Gasteiger partial charge in [-0.3, -0.25) is 4.90 Å². The number of fused-ring (bicyclic) bond motifs is 2. The van der Waals surface area contributed by atoms with Gasteiger partial charge in [-0.1, -0.05) is 11.8 Å². The van der Waals surface area contributed by atoms with E-state index in [1.807, 2.05) is 0 Å². The van der Waals surface area contributed by atoms with Crippen LogP contribution in [0.5, 0.6) is 0 Å². The monoisotopic (exact) mass is 305 g/mol. The van der Waals surface area contributed by atoms with Gasteiger partial charge in [0.2, 0.25) is 0 Å². The summed E-state index contributed by atoms with van der Waals surface area (Å²) in [5.41, 5.74) is 2.38. The predicted molar refractivity (Wildman–Crippen MR) is 88.0 cm³/mol. The highest BCUT2D eigenvalue weighted by Gasteiger charge is 2.36. The molecule has 2 unspecified atom stereocenters. The first-order valence-electron chi connectivity index (χ1n) is 7.29. The van der Waals surface area contributed by atoms with E-state index in [9.17, 15) is 0 Å². The molecular weight excluding hydrogens is 286 g/mol. The number of benzene rings is 1. The van der Waals surface area contributed by atoms with Gasteiger partial charge in [-0.2, -0.15) is 0 Å². The highest BCUT2D eigenvalue weighted by molar-refractivity contribution is 8.00. The van der Waals surface area contributed by atoms with Crippen LogP contribution in [0.3, 0.4) is 0 Å². The van der Waals surface area contributed by atoms with Gasteiger partial charge in [0, 0.05) is 24.3 Å². The number of nitrogens with zero attached hydrogens (tertiary/aromatic N) is 2. The van der Waals surface area contributed by atoms with Crippen molar-refractivity contribution in [3.05, 3.63) is 18.2 Å². The van der Waals surface area contributed by atoms with Gasteiger partial charge in [-0.25, -0.2) is 4.98 Å². The maximum absolute atomic E-state index is 4.60. The fourth-order valence-electron chi connectivity index (χ4n) is 3.55. The van der Waals surface area contributed by atoms with Crippen molar-refractivity contribution in [1.29, 1.82) is 0 Å². The van der Waals surface area contributed by atoms with E-state index in [1.54, 1.807) is 23.1 Å². The molecule has 2 aliphatic heterocycles. The van der Waals surface area contributed by atoms with Gasteiger partial charge in [0.1, 0.15) is 0 Å². The lowest BCUT2D eigenvalue weighted by atomic mass is 10.1. The van der Waals surface area contributed by atoms with E-state index in [4.69, 9.17) is 0 Å². The lowest BCUT2D eigenvalue weighted by Gasteiger charge is -2.22. The van der Waals surface area contributed by atoms with Gasteiger partial charge < -0.3 is 5.32 Å². The Balaban J connectivity index is 1.56. The zero-order valence-electron chi connectivity index (χ0n) is 11.6. The summed E-state index contributed by atoms with van der Waals surface area (Å²) in [5.74, 6) is 0. The quantitative estimate of drug-likeness (QED) is 0.876. The molecule has 0 amide bonds. The Morgan fingerprint density at radius 1 is 1.35 bits per heavy atom. The first-order valence-corrected chi connectivity index (χ1v) is 9.33. The summed E-state index contributed by atoms with van der Waals surface area (Å²) in [7, 11) is 0. The molecule has 4 rings (SSSR count). The second kappa shape index (κ2) is 5.20. The molecular formula is C15H19N3S2. The van der Waals surface area contributed by atoms with E-state index < -0.39 is 0 Å². The molecule has 1 aromatic heterocycles. The summed E-state index contributed by atoms with van der Waals surface area (Å²) in [6.45, 7) is 2.57. The van der Waals surface area contributed by atoms with Crippen LogP contribution in [0.4, 0.5) is 5.69 Å². The molecule has 0 spiro atoms. The third-order valence-electron chi connectivity index (χ3n) is 4.50. The van der Waals surface area contributed by atoms with Crippen molar-refractivity contribution >= 4 is 39.0 Å². The lowest BCUT2D eigenvalue weighted by Crippen LogP contribution is -2.33. The van der Waals surface area contributed by atoms with Crippen LogP contribution in [-0.2, 0) is 0 Å². The fourth-order valence-corrected chi connectivity index (χ4v) is 5.07. The van der Waals surface area contributed by atoms with Gasteiger partial charge in [0.05, 0.1) is 10.2 Å². The molecule has 0 radical (unpaired) electrons. The van der Waals surface area contributed by atoms with Crippen LogP contribution in [0.1, 0.15) is 19.3 Å². The Hall–Kier alpha value is -0.780. The second-order valence-electron chi connectivity index (χ2n) is 5.65. The normalized spacial score (nSPS) is 26.2. The van der Waals surface area contributed by atoms with Crippen molar-refractivity contribution in [2.24, 2.45) is 0 Å². The van der Waals surface area contributed by atoms with E-state index >= 15 is 0 Å². The standard InChI is InChI=1S/C15H19N3S2/c1-19-15-17-12-5-4-10(9-14(12)20-15)16-11-6-8-18-7-2-3-13(11)18/h4-5,9,11,13,16H,2-3,6-8H2,1H3. The molecule has 20 heavy (non-hydrogen) atoms. The van der Waals surface area contributed by atoms with E-state index in [1.165, 1.54) is 42.7 Å². The zero-order chi connectivity index (χ0) is 13.5. The van der Waals surface area contributed by atoms with E-state index in [0.717, 1.165) is 15.9 Å². The third-order valence-corrected chi connectivity index (χ3v) is 6.50. The van der Waals surface area contributed by atoms with Crippen molar-refractivity contribution in [2.45, 2.75) is 35.7 Å². The minimum Gasteiger partial charge on any atom is -0.381 e. The molecule has 2 aromatic rings. The van der Waals surface area contributed by atoms with Crippen molar-refractivity contribution < 1.29 is 0 Å². The van der Waals surface area contributed by atoms with Gasteiger partial charge in [0.25, 0.3) is 0 Å². The molecule has 3 nitrogen and oxygen atoms in total. The van der Waals surface area contributed by atoms with Gasteiger partial charge >= 0.3 is 0 Å². The molecule has 2 aliphatic rings. The lowest BCUT2D eigenvalue weighted by molar-refractivity contribution is 0.318. The summed E-state index contributed by atoms with van der Waals surface area (Å²) < 4.78 is 2.45. The number of aromatic nitrogens is 1. The van der Waals surface area contributed by atoms with Crippen LogP contribution in [0, 0.1) is 0 Å². The molecule has 3 heterocycles. The molecule has 0 bridgehead atoms. The minimum absolute atomic E-state index is 0.628. The maximum Gasteiger partial charge on any atom is 0.150 e. The first-order chi connectivity index (χ1) is 9.83. The largest absolute Gasteiger partial charge is 0.381 e. The van der Waals surface area contributed by atoms with Crippen LogP contribution in [0.25, 0.3) is 10.2 Å². The number of thioether (sulfide) groups is 1. The van der Waals surface area contributed by atoms with Gasteiger partial charge in [0.15, 0.2) is 4.34 Å². The Bertz CT molecular complexity index is 625. The van der Waals surface area contributed by atoms with Crippen molar-refractivity contribution in [1.82, 2.24) is 9.88 Å². The summed E-state index contributed by atoms with van der Waals surface area (Å²) >= 11 is 3.52. The Morgan fingerprint density at radius 3 is 3.20 bits per heavy atom. The summed E-state index contributed by atoms with van der Waals surface area (Å²) in [6.07, 6.45) is 6.09. The Kier molecular flexibility index (Phi) is 3.36. The summed E-state index contributed by atoms with van der Waals surface area (Å²) in [5, 5.41) is 3.76. The van der Waals surface area contributed by atoms with Gasteiger partial charge in [-0.15, -0.1) is 11.3 Å². The SMILES string of the molecule is CSc1nc2ccc(NC3CCN4CCCC34)cc2s1. The average Bonchev–Trinajstić information content (AvgIpc) is 3.14. The van der Waals surface area contributed by atoms with Crippen LogP contribution in [-0.4, -0.2) is 41.3 Å². The highest BCUT2D eigenvalue weighted by Crippen LogP contribution is 2.33. The van der Waals surface area contributed by atoms with Crippen molar-refractivity contribution in [3.8, 4) is 0 Å². The van der Waals surface area contributed by atoms with E-state index in [-0.39, 0.29) is 0 Å². The minimum atomic E-state index is 0.628. The van der Waals surface area contributed by atoms with Gasteiger partial charge in [-0.05, 0) is 50.3 Å². The first kappa shape index (κ1) is 12.9. The van der Waals surface area contributed by atoms with Crippen molar-refractivity contribution in [2.75, 3.05) is 24.7 Å². The number of thiazole rings is 1. The molecule has 106 valence electrons. The molecule has 2 fully saturated rings. The summed E-state index contributed by atoms with van der Waals surface area (Å²) in [4.78, 5) is 7.25. The van der Waals surface area contributed by atoms with Crippen LogP contribution in [0.2, 0.25) is 0 Å². The zero-order valence-corrected chi connectivity index (χ0v) is 13.3. The topological polar surface area (TPSA) is 28.2 Å². The molecule has 2 atom stereocenters. The molecule has 1 N–H and O–H groups in total. The van der Waals surface area contributed by atoms with Crippen LogP contribution < -0.4 is 5.32 Å². The third kappa shape index (κ3) is 2.22. The molecule has 0 saturated carbocycles. The number of hydrogen-bond donors (Lipinski definition) is 1. The number of hydrogen-bond acceptors (Lipinski definition) is 5. The summed E-state index contributed by atoms with van der Waals surface area (Å²) in [6, 6.07) is 7.99.